The number of nitrogens with two attached hydrogens (primary N) is 1. The molecule has 12 nitrogen and oxygen atoms in total. The molecule has 12 heteroatoms. The van der Waals surface area contributed by atoms with Crippen molar-refractivity contribution < 1.29 is 29.9 Å². The Morgan fingerprint density at radius 1 is 1.17 bits per heavy atom. The van der Waals surface area contributed by atoms with Crippen LogP contribution in [0.25, 0.3) is 22.2 Å². The third-order valence-corrected chi connectivity index (χ3v) is 7.49. The van der Waals surface area contributed by atoms with Crippen molar-refractivity contribution in [3.05, 3.63) is 66.0 Å². The number of hydrogen-bond donors (Lipinski definition) is 6. The fourth-order valence-corrected chi connectivity index (χ4v) is 5.27. The quantitative estimate of drug-likeness (QED) is 0.144. The Labute approximate surface area is 242 Å². The van der Waals surface area contributed by atoms with Crippen LogP contribution in [0.1, 0.15) is 37.1 Å². The van der Waals surface area contributed by atoms with E-state index in [-0.39, 0.29) is 41.4 Å². The Morgan fingerprint density at radius 2 is 1.95 bits per heavy atom. The van der Waals surface area contributed by atoms with Crippen LogP contribution >= 0.6 is 0 Å². The van der Waals surface area contributed by atoms with Crippen LogP contribution in [-0.4, -0.2) is 72.6 Å². The molecular formula is C30H34N6O6. The molecule has 220 valence electrons. The molecule has 2 aromatic heterocycles. The highest BCUT2D eigenvalue weighted by molar-refractivity contribution is 5.97. The van der Waals surface area contributed by atoms with Crippen LogP contribution in [0.5, 0.6) is 5.75 Å². The molecule has 0 amide bonds. The maximum atomic E-state index is 11.3. The Morgan fingerprint density at radius 3 is 2.64 bits per heavy atom. The number of aliphatic hydroxyl groups excluding tert-OH is 3. The van der Waals surface area contributed by atoms with E-state index < -0.39 is 30.6 Å². The molecule has 1 saturated heterocycles. The molecule has 7 N–H and O–H groups in total. The van der Waals surface area contributed by atoms with E-state index >= 15 is 0 Å². The first-order chi connectivity index (χ1) is 20.3. The molecule has 0 bridgehead atoms. The fourth-order valence-electron chi connectivity index (χ4n) is 5.27. The maximum Gasteiger partial charge on any atom is 0.168 e. The summed E-state index contributed by atoms with van der Waals surface area (Å²) in [5, 5.41) is 54.6. The van der Waals surface area contributed by atoms with Crippen LogP contribution in [0, 0.1) is 11.3 Å². The van der Waals surface area contributed by atoms with Crippen molar-refractivity contribution in [2.75, 3.05) is 30.9 Å². The lowest BCUT2D eigenvalue weighted by molar-refractivity contribution is -0.0939. The Hall–Kier alpha value is -4.25. The fraction of sp³-hybridized carbons (Fsp3) is 0.367. The monoisotopic (exact) mass is 574 g/mol. The van der Waals surface area contributed by atoms with Crippen LogP contribution in [0.15, 0.2) is 54.9 Å². The molecule has 1 fully saturated rings. The van der Waals surface area contributed by atoms with Gasteiger partial charge in [0.2, 0.25) is 0 Å². The largest absolute Gasteiger partial charge is 0.493 e. The Balaban J connectivity index is 1.54. The molecule has 4 atom stereocenters. The third kappa shape index (κ3) is 5.36. The second-order valence-corrected chi connectivity index (χ2v) is 10.4. The highest BCUT2D eigenvalue weighted by atomic mass is 16.6. The minimum atomic E-state index is -1.84. The summed E-state index contributed by atoms with van der Waals surface area (Å²) in [6.45, 7) is 1.64. The van der Waals surface area contributed by atoms with Crippen molar-refractivity contribution in [3.8, 4) is 22.9 Å². The predicted molar refractivity (Wildman–Crippen MR) is 155 cm³/mol. The van der Waals surface area contributed by atoms with Crippen LogP contribution in [0.3, 0.4) is 0 Å². The number of anilines is 2. The number of benzene rings is 2. The second-order valence-electron chi connectivity index (χ2n) is 10.4. The smallest absolute Gasteiger partial charge is 0.168 e. The first kappa shape index (κ1) is 29.2. The van der Waals surface area contributed by atoms with Gasteiger partial charge in [0.15, 0.2) is 11.9 Å². The number of hydrogen-bond acceptors (Lipinski definition) is 11. The van der Waals surface area contributed by atoms with Gasteiger partial charge in [-0.15, -0.1) is 0 Å². The van der Waals surface area contributed by atoms with E-state index in [4.69, 9.17) is 20.3 Å². The number of fused-ring (bicyclic) bond motifs is 1. The summed E-state index contributed by atoms with van der Waals surface area (Å²) >= 11 is 0. The Bertz CT molecular complexity index is 1580. The topological polar surface area (TPSA) is 192 Å². The first-order valence-corrected chi connectivity index (χ1v) is 13.7. The lowest BCUT2D eigenvalue weighted by Gasteiger charge is -2.29. The minimum absolute atomic E-state index is 0.0704. The van der Waals surface area contributed by atoms with Crippen LogP contribution in [0.2, 0.25) is 0 Å². The lowest BCUT2D eigenvalue weighted by atomic mass is 9.96. The standard InChI is InChI=1S/C30H34N6O6/c1-30(40)25(39)23(16-38)42-29(30)36-27(21(14-31)24-26(32)34-17-35-28(24)36)33-15-18-9-10-20(19-7-3-2-4-8-19)22(13-18)41-12-6-5-11-37/h2-4,7-10,13,17,23,25,29,33,37-40H,5-6,11-12,15-16H2,1H3,(H2,32,34,35)/t23?,25-,29?,30-/m1/s1. The van der Waals surface area contributed by atoms with Crippen LogP contribution in [-0.2, 0) is 11.3 Å². The van der Waals surface area contributed by atoms with Gasteiger partial charge in [0, 0.05) is 18.7 Å². The van der Waals surface area contributed by atoms with Crippen molar-refractivity contribution >= 4 is 22.7 Å². The molecule has 0 spiro atoms. The van der Waals surface area contributed by atoms with E-state index in [0.29, 0.717) is 25.2 Å². The number of unbranched alkanes of at least 4 members (excludes halogenated alkanes) is 1. The van der Waals surface area contributed by atoms with Crippen molar-refractivity contribution in [2.45, 2.75) is 50.3 Å². The molecule has 0 aliphatic carbocycles. The Kier molecular flexibility index (Phi) is 8.58. The van der Waals surface area contributed by atoms with Gasteiger partial charge >= 0.3 is 0 Å². The molecular weight excluding hydrogens is 540 g/mol. The SMILES string of the molecule is C[C@]1(O)C(n2c(NCc3ccc(-c4ccccc4)c(OCCCCO)c3)c(C#N)c3c(N)ncnc32)OC(CO)[C@H]1O. The van der Waals surface area contributed by atoms with E-state index in [0.717, 1.165) is 16.7 Å². The van der Waals surface area contributed by atoms with E-state index in [2.05, 4.69) is 21.4 Å². The molecule has 0 saturated carbocycles. The van der Waals surface area contributed by atoms with Crippen molar-refractivity contribution in [1.29, 1.82) is 5.26 Å². The highest BCUT2D eigenvalue weighted by Crippen LogP contribution is 2.44. The van der Waals surface area contributed by atoms with Gasteiger partial charge in [0.05, 0.1) is 18.6 Å². The van der Waals surface area contributed by atoms with Crippen LogP contribution < -0.4 is 15.8 Å². The molecule has 3 heterocycles. The zero-order chi connectivity index (χ0) is 29.9. The van der Waals surface area contributed by atoms with Gasteiger partial charge in [-0.2, -0.15) is 5.26 Å². The number of nitrogens with zero attached hydrogens (tertiary/aromatic N) is 4. The van der Waals surface area contributed by atoms with Crippen molar-refractivity contribution in [3.63, 3.8) is 0 Å². The third-order valence-electron chi connectivity index (χ3n) is 7.49. The number of aromatic nitrogens is 3. The molecule has 42 heavy (non-hydrogen) atoms. The van der Waals surface area contributed by atoms with E-state index in [1.54, 1.807) is 0 Å². The van der Waals surface area contributed by atoms with Gasteiger partial charge in [-0.1, -0.05) is 42.5 Å². The average molecular weight is 575 g/mol. The van der Waals surface area contributed by atoms with Gasteiger partial charge in [-0.25, -0.2) is 9.97 Å². The molecule has 0 radical (unpaired) electrons. The van der Waals surface area contributed by atoms with Gasteiger partial charge in [-0.3, -0.25) is 4.57 Å². The normalized spacial score (nSPS) is 21.9. The summed E-state index contributed by atoms with van der Waals surface area (Å²) in [5.74, 6) is 1.000. The van der Waals surface area contributed by atoms with E-state index in [9.17, 15) is 20.6 Å². The molecule has 5 rings (SSSR count). The van der Waals surface area contributed by atoms with Crippen molar-refractivity contribution in [1.82, 2.24) is 14.5 Å². The highest BCUT2D eigenvalue weighted by Gasteiger charge is 2.54. The predicted octanol–water partition coefficient (Wildman–Crippen LogP) is 2.32. The van der Waals surface area contributed by atoms with Crippen molar-refractivity contribution in [2.24, 2.45) is 0 Å². The summed E-state index contributed by atoms with van der Waals surface area (Å²) < 4.78 is 13.5. The van der Waals surface area contributed by atoms with E-state index in [1.807, 2.05) is 48.5 Å². The average Bonchev–Trinajstić information content (AvgIpc) is 3.44. The molecule has 1 aliphatic rings. The number of rotatable bonds is 11. The van der Waals surface area contributed by atoms with E-state index in [1.165, 1.54) is 17.8 Å². The zero-order valence-corrected chi connectivity index (χ0v) is 23.1. The first-order valence-electron chi connectivity index (χ1n) is 13.7. The summed E-state index contributed by atoms with van der Waals surface area (Å²) in [5.41, 5.74) is 7.43. The molecule has 4 aromatic rings. The van der Waals surface area contributed by atoms with Gasteiger partial charge in [-0.05, 0) is 37.0 Å². The maximum absolute atomic E-state index is 11.3. The number of ether oxygens (including phenoxy) is 2. The minimum Gasteiger partial charge on any atom is -0.493 e. The number of nitrogens with one attached hydrogen (secondary N) is 1. The summed E-state index contributed by atoms with van der Waals surface area (Å²) in [4.78, 5) is 8.37. The summed E-state index contributed by atoms with van der Waals surface area (Å²) in [7, 11) is 0. The van der Waals surface area contributed by atoms with Gasteiger partial charge in [0.25, 0.3) is 0 Å². The van der Waals surface area contributed by atoms with Gasteiger partial charge in [0.1, 0.15) is 53.2 Å². The second kappa shape index (κ2) is 12.3. The molecule has 1 aliphatic heterocycles. The van der Waals surface area contributed by atoms with Crippen LogP contribution in [0.4, 0.5) is 11.6 Å². The summed E-state index contributed by atoms with van der Waals surface area (Å²) in [6, 6.07) is 17.8. The summed E-state index contributed by atoms with van der Waals surface area (Å²) in [6.07, 6.45) is -1.10. The lowest BCUT2D eigenvalue weighted by Crippen LogP contribution is -2.44. The number of aliphatic hydroxyl groups is 4. The molecule has 2 unspecified atom stereocenters. The van der Waals surface area contributed by atoms with Gasteiger partial charge < -0.3 is 41.0 Å². The zero-order valence-electron chi connectivity index (χ0n) is 23.1. The molecule has 2 aromatic carbocycles. The number of nitriles is 1. The number of nitrogen functional groups attached to an aromatic ring is 1.